The molecule has 0 saturated carbocycles. The highest BCUT2D eigenvalue weighted by molar-refractivity contribution is 7.71. The number of rotatable bonds is 6. The fraction of sp³-hybridized carbons (Fsp3) is 0.333. The minimum atomic E-state index is -0.227. The van der Waals surface area contributed by atoms with Crippen LogP contribution in [0.25, 0.3) is 5.69 Å². The molecule has 6 nitrogen and oxygen atoms in total. The van der Waals surface area contributed by atoms with E-state index in [1.807, 2.05) is 47.0 Å². The van der Waals surface area contributed by atoms with E-state index in [1.165, 1.54) is 16.7 Å². The Hall–Kier alpha value is -2.81. The molecule has 0 radical (unpaired) electrons. The number of ether oxygens (including phenoxy) is 1. The first-order chi connectivity index (χ1) is 15.4. The SMILES string of the molecule is Cc1c(NCC2CN(Cc3ccc(F)cc3)CCO2)n(-c2ccccc2)c(=S)n(C)c1=O. The number of hydrogen-bond acceptors (Lipinski definition) is 5. The molecule has 0 amide bonds. The largest absolute Gasteiger partial charge is 0.374 e. The van der Waals surface area contributed by atoms with Crippen molar-refractivity contribution in [1.82, 2.24) is 14.0 Å². The number of para-hydroxylation sites is 1. The lowest BCUT2D eigenvalue weighted by molar-refractivity contribution is -0.0241. The lowest BCUT2D eigenvalue weighted by Crippen LogP contribution is -2.45. The van der Waals surface area contributed by atoms with E-state index in [9.17, 15) is 9.18 Å². The van der Waals surface area contributed by atoms with Gasteiger partial charge >= 0.3 is 0 Å². The Kier molecular flexibility index (Phi) is 6.83. The van der Waals surface area contributed by atoms with Crippen molar-refractivity contribution in [2.24, 2.45) is 7.05 Å². The number of anilines is 1. The zero-order chi connectivity index (χ0) is 22.7. The maximum absolute atomic E-state index is 13.2. The van der Waals surface area contributed by atoms with Gasteiger partial charge in [-0.2, -0.15) is 0 Å². The van der Waals surface area contributed by atoms with E-state index in [0.29, 0.717) is 29.3 Å². The minimum Gasteiger partial charge on any atom is -0.374 e. The summed E-state index contributed by atoms with van der Waals surface area (Å²) in [6.45, 7) is 5.26. The van der Waals surface area contributed by atoms with Gasteiger partial charge in [0, 0.05) is 38.9 Å². The van der Waals surface area contributed by atoms with Gasteiger partial charge in [-0.25, -0.2) is 4.39 Å². The summed E-state index contributed by atoms with van der Waals surface area (Å²) in [5, 5.41) is 3.43. The lowest BCUT2D eigenvalue weighted by Gasteiger charge is -2.33. The standard InChI is InChI=1S/C24H27FN4O2S/c1-17-22(29(20-6-4-3-5-7-20)24(32)27(2)23(17)30)26-14-21-16-28(12-13-31-21)15-18-8-10-19(25)11-9-18/h3-11,21,26H,12-16H2,1-2H3. The molecule has 32 heavy (non-hydrogen) atoms. The quantitative estimate of drug-likeness (QED) is 0.576. The van der Waals surface area contributed by atoms with Crippen LogP contribution in [0.2, 0.25) is 0 Å². The molecule has 1 aliphatic heterocycles. The summed E-state index contributed by atoms with van der Waals surface area (Å²) in [4.78, 5) is 15.0. The van der Waals surface area contributed by atoms with Gasteiger partial charge in [-0.3, -0.25) is 18.8 Å². The third-order valence-electron chi connectivity index (χ3n) is 5.74. The van der Waals surface area contributed by atoms with Crippen molar-refractivity contribution in [3.05, 3.63) is 86.7 Å². The van der Waals surface area contributed by atoms with Crippen LogP contribution in [0.5, 0.6) is 0 Å². The molecule has 2 heterocycles. The van der Waals surface area contributed by atoms with Crippen LogP contribution in [-0.4, -0.2) is 46.4 Å². The van der Waals surface area contributed by atoms with Crippen molar-refractivity contribution in [3.63, 3.8) is 0 Å². The number of nitrogens with zero attached hydrogens (tertiary/aromatic N) is 3. The zero-order valence-corrected chi connectivity index (χ0v) is 19.1. The second-order valence-corrected chi connectivity index (χ2v) is 8.39. The van der Waals surface area contributed by atoms with Crippen LogP contribution in [0.1, 0.15) is 11.1 Å². The van der Waals surface area contributed by atoms with Crippen molar-refractivity contribution in [1.29, 1.82) is 0 Å². The summed E-state index contributed by atoms with van der Waals surface area (Å²) in [6, 6.07) is 16.4. The first-order valence-corrected chi connectivity index (χ1v) is 11.0. The first kappa shape index (κ1) is 22.4. The molecule has 1 aromatic heterocycles. The van der Waals surface area contributed by atoms with Gasteiger partial charge in [0.1, 0.15) is 11.6 Å². The van der Waals surface area contributed by atoms with E-state index in [1.54, 1.807) is 14.0 Å². The van der Waals surface area contributed by atoms with E-state index in [0.717, 1.165) is 30.9 Å². The second-order valence-electron chi connectivity index (χ2n) is 8.03. The summed E-state index contributed by atoms with van der Waals surface area (Å²) < 4.78 is 23.0. The molecule has 1 fully saturated rings. The molecule has 3 aromatic rings. The van der Waals surface area contributed by atoms with Gasteiger partial charge in [-0.1, -0.05) is 30.3 Å². The van der Waals surface area contributed by atoms with Crippen molar-refractivity contribution in [2.45, 2.75) is 19.6 Å². The molecule has 168 valence electrons. The van der Waals surface area contributed by atoms with Gasteiger partial charge in [-0.05, 0) is 49.0 Å². The molecule has 4 rings (SSSR count). The maximum Gasteiger partial charge on any atom is 0.259 e. The van der Waals surface area contributed by atoms with E-state index >= 15 is 0 Å². The van der Waals surface area contributed by atoms with Gasteiger partial charge in [0.25, 0.3) is 5.56 Å². The van der Waals surface area contributed by atoms with E-state index in [4.69, 9.17) is 17.0 Å². The molecule has 1 N–H and O–H groups in total. The number of morpholine rings is 1. The molecule has 8 heteroatoms. The summed E-state index contributed by atoms with van der Waals surface area (Å²) in [5.41, 5.74) is 2.44. The topological polar surface area (TPSA) is 51.4 Å². The lowest BCUT2D eigenvalue weighted by atomic mass is 10.2. The van der Waals surface area contributed by atoms with Gasteiger partial charge in [0.2, 0.25) is 0 Å². The molecule has 2 aromatic carbocycles. The average Bonchev–Trinajstić information content (AvgIpc) is 2.81. The summed E-state index contributed by atoms with van der Waals surface area (Å²) in [6.07, 6.45) is -0.0505. The number of halogens is 1. The molecular weight excluding hydrogens is 427 g/mol. The number of hydrogen-bond donors (Lipinski definition) is 1. The monoisotopic (exact) mass is 454 g/mol. The predicted octanol–water partition coefficient (Wildman–Crippen LogP) is 3.67. The average molecular weight is 455 g/mol. The highest BCUT2D eigenvalue weighted by atomic mass is 32.1. The molecule has 0 aliphatic carbocycles. The smallest absolute Gasteiger partial charge is 0.259 e. The molecule has 1 aliphatic rings. The minimum absolute atomic E-state index is 0.0505. The first-order valence-electron chi connectivity index (χ1n) is 10.6. The Morgan fingerprint density at radius 3 is 2.59 bits per heavy atom. The highest BCUT2D eigenvalue weighted by Crippen LogP contribution is 2.20. The van der Waals surface area contributed by atoms with Crippen LogP contribution in [0.15, 0.2) is 59.4 Å². The highest BCUT2D eigenvalue weighted by Gasteiger charge is 2.22. The van der Waals surface area contributed by atoms with Gasteiger partial charge in [0.15, 0.2) is 4.77 Å². The zero-order valence-electron chi connectivity index (χ0n) is 18.3. The van der Waals surface area contributed by atoms with Crippen LogP contribution in [0, 0.1) is 17.5 Å². The Morgan fingerprint density at radius 2 is 1.88 bits per heavy atom. The van der Waals surface area contributed by atoms with Crippen LogP contribution in [0.3, 0.4) is 0 Å². The summed E-state index contributed by atoms with van der Waals surface area (Å²) >= 11 is 5.60. The fourth-order valence-electron chi connectivity index (χ4n) is 3.99. The van der Waals surface area contributed by atoms with Crippen LogP contribution in [-0.2, 0) is 18.3 Å². The van der Waals surface area contributed by atoms with Crippen molar-refractivity contribution >= 4 is 18.0 Å². The number of aromatic nitrogens is 2. The van der Waals surface area contributed by atoms with Crippen LogP contribution < -0.4 is 10.9 Å². The molecule has 0 spiro atoms. The molecule has 1 atom stereocenters. The van der Waals surface area contributed by atoms with Gasteiger partial charge < -0.3 is 10.1 Å². The number of benzene rings is 2. The Labute approximate surface area is 191 Å². The third kappa shape index (κ3) is 4.82. The molecule has 1 saturated heterocycles. The van der Waals surface area contributed by atoms with E-state index in [-0.39, 0.29) is 17.5 Å². The second kappa shape index (κ2) is 9.77. The van der Waals surface area contributed by atoms with Crippen molar-refractivity contribution in [2.75, 3.05) is 31.6 Å². The molecule has 0 bridgehead atoms. The van der Waals surface area contributed by atoms with E-state index < -0.39 is 0 Å². The van der Waals surface area contributed by atoms with E-state index in [2.05, 4.69) is 10.2 Å². The maximum atomic E-state index is 13.2. The number of nitrogens with one attached hydrogen (secondary N) is 1. The molecular formula is C24H27FN4O2S. The summed E-state index contributed by atoms with van der Waals surface area (Å²) in [5.74, 6) is 0.457. The molecule has 1 unspecified atom stereocenters. The Bertz CT molecular complexity index is 1190. The third-order valence-corrected chi connectivity index (χ3v) is 6.19. The van der Waals surface area contributed by atoms with Gasteiger partial charge in [0.05, 0.1) is 18.3 Å². The Balaban J connectivity index is 1.52. The Morgan fingerprint density at radius 1 is 1.16 bits per heavy atom. The summed E-state index contributed by atoms with van der Waals surface area (Å²) in [7, 11) is 1.69. The van der Waals surface area contributed by atoms with Crippen LogP contribution >= 0.6 is 12.2 Å². The van der Waals surface area contributed by atoms with Crippen molar-refractivity contribution in [3.8, 4) is 5.69 Å². The normalized spacial score (nSPS) is 16.8. The van der Waals surface area contributed by atoms with Crippen LogP contribution in [0.4, 0.5) is 10.2 Å². The fourth-order valence-corrected chi connectivity index (χ4v) is 4.27. The van der Waals surface area contributed by atoms with Gasteiger partial charge in [-0.15, -0.1) is 0 Å². The van der Waals surface area contributed by atoms with Crippen molar-refractivity contribution < 1.29 is 9.13 Å². The predicted molar refractivity (Wildman–Crippen MR) is 126 cm³/mol.